The van der Waals surface area contributed by atoms with Crippen molar-refractivity contribution in [2.45, 2.75) is 78.0 Å². The van der Waals surface area contributed by atoms with Crippen LogP contribution in [0.2, 0.25) is 0 Å². The summed E-state index contributed by atoms with van der Waals surface area (Å²) in [6.07, 6.45) is 6.16. The zero-order chi connectivity index (χ0) is 16.6. The summed E-state index contributed by atoms with van der Waals surface area (Å²) in [5.74, 6) is 3.27. The van der Waals surface area contributed by atoms with E-state index >= 15 is 0 Å². The van der Waals surface area contributed by atoms with Crippen LogP contribution in [0, 0.1) is 23.7 Å². The minimum absolute atomic E-state index is 0.0621. The van der Waals surface area contributed by atoms with Gasteiger partial charge in [-0.2, -0.15) is 0 Å². The van der Waals surface area contributed by atoms with Crippen molar-refractivity contribution in [2.24, 2.45) is 23.7 Å². The summed E-state index contributed by atoms with van der Waals surface area (Å²) < 4.78 is 11.7. The molecule has 0 aromatic rings. The molecule has 0 aromatic carbocycles. The van der Waals surface area contributed by atoms with Crippen molar-refractivity contribution >= 4 is 6.09 Å². The Hall–Kier alpha value is -0.770. The smallest absolute Gasteiger partial charge is 0.410 e. The molecular formula is C19H33NO3. The van der Waals surface area contributed by atoms with Gasteiger partial charge in [0, 0.05) is 6.54 Å². The van der Waals surface area contributed by atoms with Crippen molar-refractivity contribution in [2.75, 3.05) is 13.2 Å². The fourth-order valence-electron chi connectivity index (χ4n) is 4.69. The number of carbonyl (C=O) groups is 1. The summed E-state index contributed by atoms with van der Waals surface area (Å²) >= 11 is 0. The first-order valence-electron chi connectivity index (χ1n) is 9.56. The molecule has 3 rings (SSSR count). The minimum atomic E-state index is -0.167. The molecule has 1 heterocycles. The van der Waals surface area contributed by atoms with Crippen molar-refractivity contribution in [3.63, 3.8) is 0 Å². The predicted octanol–water partition coefficient (Wildman–Crippen LogP) is 4.08. The molecule has 1 amide bonds. The number of piperidine rings is 1. The molecule has 6 atom stereocenters. The highest BCUT2D eigenvalue weighted by atomic mass is 16.6. The number of rotatable bonds is 4. The van der Waals surface area contributed by atoms with Crippen LogP contribution in [0.1, 0.15) is 59.8 Å². The molecule has 23 heavy (non-hydrogen) atoms. The summed E-state index contributed by atoms with van der Waals surface area (Å²) in [6, 6.07) is 0.171. The Morgan fingerprint density at radius 1 is 1.17 bits per heavy atom. The number of carbonyl (C=O) groups excluding carboxylic acids is 1. The highest BCUT2D eigenvalue weighted by Gasteiger charge is 2.50. The SMILES string of the molecule is CC(C)OC(=O)N1CCCC(C)C1COC1CCC2C(C1)[C@@H]2C. The first-order valence-corrected chi connectivity index (χ1v) is 9.56. The zero-order valence-corrected chi connectivity index (χ0v) is 15.2. The normalized spacial score (nSPS) is 40.0. The Morgan fingerprint density at radius 3 is 2.65 bits per heavy atom. The van der Waals surface area contributed by atoms with Gasteiger partial charge in [0.2, 0.25) is 0 Å². The van der Waals surface area contributed by atoms with E-state index in [0.29, 0.717) is 18.6 Å². The van der Waals surface area contributed by atoms with Gasteiger partial charge in [-0.1, -0.05) is 13.8 Å². The molecule has 0 aromatic heterocycles. The summed E-state index contributed by atoms with van der Waals surface area (Å²) in [7, 11) is 0. The predicted molar refractivity (Wildman–Crippen MR) is 90.2 cm³/mol. The van der Waals surface area contributed by atoms with Gasteiger partial charge in [0.25, 0.3) is 0 Å². The van der Waals surface area contributed by atoms with E-state index in [4.69, 9.17) is 9.47 Å². The monoisotopic (exact) mass is 323 g/mol. The van der Waals surface area contributed by atoms with Crippen LogP contribution in [0.15, 0.2) is 0 Å². The molecule has 1 saturated heterocycles. The van der Waals surface area contributed by atoms with Gasteiger partial charge in [-0.25, -0.2) is 4.79 Å². The lowest BCUT2D eigenvalue weighted by atomic mass is 9.91. The quantitative estimate of drug-likeness (QED) is 0.782. The molecule has 5 unspecified atom stereocenters. The van der Waals surface area contributed by atoms with Crippen LogP contribution in [-0.2, 0) is 9.47 Å². The maximum absolute atomic E-state index is 12.4. The zero-order valence-electron chi connectivity index (χ0n) is 15.2. The van der Waals surface area contributed by atoms with Gasteiger partial charge in [0.15, 0.2) is 0 Å². The number of hydrogen-bond acceptors (Lipinski definition) is 3. The van der Waals surface area contributed by atoms with Crippen molar-refractivity contribution in [3.8, 4) is 0 Å². The summed E-state index contributed by atoms with van der Waals surface area (Å²) in [4.78, 5) is 14.3. The third kappa shape index (κ3) is 3.84. The number of fused-ring (bicyclic) bond motifs is 1. The maximum atomic E-state index is 12.4. The van der Waals surface area contributed by atoms with Crippen LogP contribution in [0.5, 0.6) is 0 Å². The molecule has 2 aliphatic carbocycles. The van der Waals surface area contributed by atoms with Gasteiger partial charge in [-0.15, -0.1) is 0 Å². The summed E-state index contributed by atoms with van der Waals surface area (Å²) in [5, 5.41) is 0. The fourth-order valence-corrected chi connectivity index (χ4v) is 4.69. The lowest BCUT2D eigenvalue weighted by molar-refractivity contribution is -0.0362. The largest absolute Gasteiger partial charge is 0.447 e. The second-order valence-corrected chi connectivity index (χ2v) is 8.27. The molecule has 0 bridgehead atoms. The van der Waals surface area contributed by atoms with Crippen molar-refractivity contribution in [1.82, 2.24) is 4.90 Å². The van der Waals surface area contributed by atoms with E-state index in [-0.39, 0.29) is 18.2 Å². The highest BCUT2D eigenvalue weighted by Crippen LogP contribution is 2.55. The number of ether oxygens (including phenoxy) is 2. The second kappa shape index (κ2) is 7.00. The molecule has 3 fully saturated rings. The first-order chi connectivity index (χ1) is 11.0. The second-order valence-electron chi connectivity index (χ2n) is 8.27. The molecule has 3 aliphatic rings. The van der Waals surface area contributed by atoms with Crippen LogP contribution in [-0.4, -0.2) is 42.4 Å². The molecule has 0 N–H and O–H groups in total. The minimum Gasteiger partial charge on any atom is -0.447 e. The molecular weight excluding hydrogens is 290 g/mol. The van der Waals surface area contributed by atoms with Crippen molar-refractivity contribution in [1.29, 1.82) is 0 Å². The summed E-state index contributed by atoms with van der Waals surface area (Å²) in [5.41, 5.74) is 0. The van der Waals surface area contributed by atoms with E-state index < -0.39 is 0 Å². The molecule has 4 nitrogen and oxygen atoms in total. The van der Waals surface area contributed by atoms with Crippen molar-refractivity contribution in [3.05, 3.63) is 0 Å². The van der Waals surface area contributed by atoms with Gasteiger partial charge in [-0.3, -0.25) is 0 Å². The lowest BCUT2D eigenvalue weighted by Gasteiger charge is -2.40. The van der Waals surface area contributed by atoms with Crippen LogP contribution in [0.3, 0.4) is 0 Å². The maximum Gasteiger partial charge on any atom is 0.410 e. The number of nitrogens with zero attached hydrogens (tertiary/aromatic N) is 1. The molecule has 4 heteroatoms. The number of likely N-dealkylation sites (tertiary alicyclic amines) is 1. The highest BCUT2D eigenvalue weighted by molar-refractivity contribution is 5.68. The average Bonchev–Trinajstić information content (AvgIpc) is 3.15. The van der Waals surface area contributed by atoms with Crippen LogP contribution in [0.4, 0.5) is 4.79 Å². The van der Waals surface area contributed by atoms with E-state index in [1.54, 1.807) is 0 Å². The topological polar surface area (TPSA) is 38.8 Å². The molecule has 0 spiro atoms. The van der Waals surface area contributed by atoms with E-state index in [2.05, 4.69) is 13.8 Å². The first kappa shape index (κ1) is 17.1. The lowest BCUT2D eigenvalue weighted by Crippen LogP contribution is -2.51. The number of amides is 1. The van der Waals surface area contributed by atoms with Crippen molar-refractivity contribution < 1.29 is 14.3 Å². The van der Waals surface area contributed by atoms with Crippen LogP contribution in [0.25, 0.3) is 0 Å². The third-order valence-corrected chi connectivity index (χ3v) is 6.31. The Kier molecular flexibility index (Phi) is 5.19. The van der Waals surface area contributed by atoms with Gasteiger partial charge in [-0.05, 0) is 69.6 Å². The Balaban J connectivity index is 1.53. The average molecular weight is 323 g/mol. The molecule has 0 radical (unpaired) electrons. The molecule has 1 aliphatic heterocycles. The standard InChI is InChI=1S/C19H33NO3/c1-12(2)23-19(21)20-9-5-6-13(3)18(20)11-22-15-7-8-16-14(4)17(16)10-15/h12-18H,5-11H2,1-4H3/t13?,14-,15?,16?,17?,18?/m1/s1. The van der Waals surface area contributed by atoms with Crippen LogP contribution < -0.4 is 0 Å². The van der Waals surface area contributed by atoms with Gasteiger partial charge in [0.1, 0.15) is 0 Å². The van der Waals surface area contributed by atoms with Gasteiger partial charge >= 0.3 is 6.09 Å². The summed E-state index contributed by atoms with van der Waals surface area (Å²) in [6.45, 7) is 9.91. The van der Waals surface area contributed by atoms with E-state index in [0.717, 1.165) is 30.7 Å². The fraction of sp³-hybridized carbons (Fsp3) is 0.947. The van der Waals surface area contributed by atoms with E-state index in [1.807, 2.05) is 18.7 Å². The Morgan fingerprint density at radius 2 is 1.96 bits per heavy atom. The molecule has 2 saturated carbocycles. The van der Waals surface area contributed by atoms with Crippen LogP contribution >= 0.6 is 0 Å². The number of hydrogen-bond donors (Lipinski definition) is 0. The Bertz CT molecular complexity index is 425. The van der Waals surface area contributed by atoms with E-state index in [1.165, 1.54) is 25.7 Å². The van der Waals surface area contributed by atoms with Gasteiger partial charge < -0.3 is 14.4 Å². The van der Waals surface area contributed by atoms with E-state index in [9.17, 15) is 4.79 Å². The Labute approximate surface area is 140 Å². The molecule has 132 valence electrons. The van der Waals surface area contributed by atoms with Gasteiger partial charge in [0.05, 0.1) is 24.9 Å². The third-order valence-electron chi connectivity index (χ3n) is 6.31.